The molecule has 1 N–H and O–H groups in total. The average Bonchev–Trinajstić information content (AvgIpc) is 2.12. The molecule has 0 heterocycles. The van der Waals surface area contributed by atoms with Gasteiger partial charge in [-0.25, -0.2) is 0 Å². The van der Waals surface area contributed by atoms with Crippen molar-refractivity contribution >= 4 is 11.7 Å². The van der Waals surface area contributed by atoms with Crippen molar-refractivity contribution in [1.82, 2.24) is 0 Å². The van der Waals surface area contributed by atoms with Crippen molar-refractivity contribution in [2.24, 2.45) is 0 Å². The molecule has 0 radical (unpaired) electrons. The SMILES string of the molecule is Cc1ccc([N+](=O)[O-])c(CC(=O)O)c1C. The first-order chi connectivity index (χ1) is 6.93. The molecule has 0 fully saturated rings. The van der Waals surface area contributed by atoms with E-state index in [1.807, 2.05) is 0 Å². The van der Waals surface area contributed by atoms with Gasteiger partial charge in [-0.05, 0) is 25.0 Å². The summed E-state index contributed by atoms with van der Waals surface area (Å²) in [5.74, 6) is -1.06. The van der Waals surface area contributed by atoms with Crippen molar-refractivity contribution in [1.29, 1.82) is 0 Å². The molecule has 5 heteroatoms. The number of hydrogen-bond acceptors (Lipinski definition) is 3. The molecule has 0 aromatic heterocycles. The number of aliphatic carboxylic acids is 1. The molecule has 0 aliphatic carbocycles. The Morgan fingerprint density at radius 2 is 2.07 bits per heavy atom. The average molecular weight is 209 g/mol. The molecule has 0 saturated carbocycles. The lowest BCUT2D eigenvalue weighted by Crippen LogP contribution is -2.06. The first kappa shape index (κ1) is 11.2. The van der Waals surface area contributed by atoms with E-state index in [9.17, 15) is 14.9 Å². The van der Waals surface area contributed by atoms with Crippen LogP contribution < -0.4 is 0 Å². The van der Waals surface area contributed by atoms with Crippen LogP contribution in [-0.2, 0) is 11.2 Å². The molecular formula is C10H11NO4. The highest BCUT2D eigenvalue weighted by Gasteiger charge is 2.19. The Bertz CT molecular complexity index is 426. The number of aryl methyl sites for hydroxylation is 1. The summed E-state index contributed by atoms with van der Waals surface area (Å²) >= 11 is 0. The number of hydrogen-bond donors (Lipinski definition) is 1. The lowest BCUT2D eigenvalue weighted by molar-refractivity contribution is -0.385. The third kappa shape index (κ3) is 2.31. The number of rotatable bonds is 3. The molecule has 0 spiro atoms. The molecule has 0 saturated heterocycles. The summed E-state index contributed by atoms with van der Waals surface area (Å²) < 4.78 is 0. The molecule has 0 unspecified atom stereocenters. The lowest BCUT2D eigenvalue weighted by Gasteiger charge is -2.06. The largest absolute Gasteiger partial charge is 0.481 e. The first-order valence-electron chi connectivity index (χ1n) is 4.38. The van der Waals surface area contributed by atoms with Crippen LogP contribution in [0.2, 0.25) is 0 Å². The van der Waals surface area contributed by atoms with Crippen LogP contribution in [-0.4, -0.2) is 16.0 Å². The van der Waals surface area contributed by atoms with E-state index in [2.05, 4.69) is 0 Å². The van der Waals surface area contributed by atoms with Crippen LogP contribution in [0.5, 0.6) is 0 Å². The third-order valence-electron chi connectivity index (χ3n) is 2.37. The van der Waals surface area contributed by atoms with Crippen LogP contribution in [0.25, 0.3) is 0 Å². The Balaban J connectivity index is 3.34. The number of nitrogens with zero attached hydrogens (tertiary/aromatic N) is 1. The zero-order chi connectivity index (χ0) is 11.6. The standard InChI is InChI=1S/C10H11NO4/c1-6-3-4-9(11(14)15)8(7(6)2)5-10(12)13/h3-4H,5H2,1-2H3,(H,12,13). The molecule has 0 atom stereocenters. The van der Waals surface area contributed by atoms with Crippen molar-refractivity contribution in [3.63, 3.8) is 0 Å². The highest BCUT2D eigenvalue weighted by atomic mass is 16.6. The topological polar surface area (TPSA) is 80.4 Å². The van der Waals surface area contributed by atoms with Gasteiger partial charge in [-0.2, -0.15) is 0 Å². The van der Waals surface area contributed by atoms with Gasteiger partial charge < -0.3 is 5.11 Å². The first-order valence-corrected chi connectivity index (χ1v) is 4.38. The van der Waals surface area contributed by atoms with Gasteiger partial charge >= 0.3 is 5.97 Å². The van der Waals surface area contributed by atoms with E-state index in [1.165, 1.54) is 6.07 Å². The third-order valence-corrected chi connectivity index (χ3v) is 2.37. The van der Waals surface area contributed by atoms with E-state index in [0.29, 0.717) is 5.56 Å². The maximum atomic E-state index is 10.7. The van der Waals surface area contributed by atoms with E-state index in [-0.39, 0.29) is 17.7 Å². The van der Waals surface area contributed by atoms with Crippen molar-refractivity contribution in [3.05, 3.63) is 38.9 Å². The quantitative estimate of drug-likeness (QED) is 0.608. The van der Waals surface area contributed by atoms with Gasteiger partial charge in [0.1, 0.15) is 0 Å². The summed E-state index contributed by atoms with van der Waals surface area (Å²) in [7, 11) is 0. The van der Waals surface area contributed by atoms with Crippen LogP contribution in [0.4, 0.5) is 5.69 Å². The molecule has 0 bridgehead atoms. The molecule has 1 rings (SSSR count). The van der Waals surface area contributed by atoms with Gasteiger partial charge in [0.2, 0.25) is 0 Å². The molecule has 0 aliphatic heterocycles. The van der Waals surface area contributed by atoms with Gasteiger partial charge in [-0.1, -0.05) is 6.07 Å². The van der Waals surface area contributed by atoms with Gasteiger partial charge in [-0.15, -0.1) is 0 Å². The molecular weight excluding hydrogens is 198 g/mol. The Kier molecular flexibility index (Phi) is 3.04. The maximum Gasteiger partial charge on any atom is 0.308 e. The summed E-state index contributed by atoms with van der Waals surface area (Å²) in [6.45, 7) is 3.49. The molecule has 15 heavy (non-hydrogen) atoms. The fourth-order valence-corrected chi connectivity index (χ4v) is 1.41. The minimum absolute atomic E-state index is 0.125. The Labute approximate surface area is 86.5 Å². The zero-order valence-electron chi connectivity index (χ0n) is 8.48. The summed E-state index contributed by atoms with van der Waals surface area (Å²) in [4.78, 5) is 20.7. The van der Waals surface area contributed by atoms with Crippen molar-refractivity contribution < 1.29 is 14.8 Å². The molecule has 80 valence electrons. The number of carboxylic acids is 1. The van der Waals surface area contributed by atoms with E-state index >= 15 is 0 Å². The van der Waals surface area contributed by atoms with Crippen LogP contribution >= 0.6 is 0 Å². The molecule has 1 aromatic carbocycles. The van der Waals surface area contributed by atoms with Crippen LogP contribution in [0.1, 0.15) is 16.7 Å². The number of nitro groups is 1. The minimum atomic E-state index is -1.06. The van der Waals surface area contributed by atoms with E-state index in [1.54, 1.807) is 19.9 Å². The summed E-state index contributed by atoms with van der Waals surface area (Å²) in [6, 6.07) is 2.97. The maximum absolute atomic E-state index is 10.7. The number of benzene rings is 1. The lowest BCUT2D eigenvalue weighted by atomic mass is 9.99. The summed E-state index contributed by atoms with van der Waals surface area (Å²) in [6.07, 6.45) is -0.316. The Morgan fingerprint density at radius 1 is 1.47 bits per heavy atom. The van der Waals surface area contributed by atoms with Gasteiger partial charge in [0, 0.05) is 11.6 Å². The van der Waals surface area contributed by atoms with E-state index < -0.39 is 10.9 Å². The number of carboxylic acid groups (broad SMARTS) is 1. The fraction of sp³-hybridized carbons (Fsp3) is 0.300. The molecule has 1 aromatic rings. The van der Waals surface area contributed by atoms with Crippen molar-refractivity contribution in [2.45, 2.75) is 20.3 Å². The van der Waals surface area contributed by atoms with E-state index in [4.69, 9.17) is 5.11 Å². The second kappa shape index (κ2) is 4.08. The van der Waals surface area contributed by atoms with Gasteiger partial charge in [0.05, 0.1) is 11.3 Å². The van der Waals surface area contributed by atoms with Gasteiger partial charge in [0.25, 0.3) is 5.69 Å². The predicted octanol–water partition coefficient (Wildman–Crippen LogP) is 1.84. The zero-order valence-corrected chi connectivity index (χ0v) is 8.48. The van der Waals surface area contributed by atoms with Crippen molar-refractivity contribution in [3.8, 4) is 0 Å². The Morgan fingerprint density at radius 3 is 2.53 bits per heavy atom. The monoisotopic (exact) mass is 209 g/mol. The number of nitro benzene ring substituents is 1. The predicted molar refractivity (Wildman–Crippen MR) is 53.9 cm³/mol. The fourth-order valence-electron chi connectivity index (χ4n) is 1.41. The summed E-state index contributed by atoms with van der Waals surface area (Å²) in [5.41, 5.74) is 1.69. The second-order valence-corrected chi connectivity index (χ2v) is 3.33. The van der Waals surface area contributed by atoms with Crippen LogP contribution in [0.3, 0.4) is 0 Å². The van der Waals surface area contributed by atoms with Crippen molar-refractivity contribution in [2.75, 3.05) is 0 Å². The highest BCUT2D eigenvalue weighted by Crippen LogP contribution is 2.25. The molecule has 0 aliphatic rings. The molecule has 0 amide bonds. The van der Waals surface area contributed by atoms with Gasteiger partial charge in [-0.3, -0.25) is 14.9 Å². The Hall–Kier alpha value is -1.91. The van der Waals surface area contributed by atoms with E-state index in [0.717, 1.165) is 5.56 Å². The molecule has 5 nitrogen and oxygen atoms in total. The van der Waals surface area contributed by atoms with Gasteiger partial charge in [0.15, 0.2) is 0 Å². The highest BCUT2D eigenvalue weighted by molar-refractivity contribution is 5.73. The minimum Gasteiger partial charge on any atom is -0.481 e. The normalized spacial score (nSPS) is 10.0. The summed E-state index contributed by atoms with van der Waals surface area (Å²) in [5, 5.41) is 19.3. The van der Waals surface area contributed by atoms with Crippen LogP contribution in [0, 0.1) is 24.0 Å². The second-order valence-electron chi connectivity index (χ2n) is 3.33. The number of carbonyl (C=O) groups is 1. The smallest absolute Gasteiger partial charge is 0.308 e. The van der Waals surface area contributed by atoms with Crippen LogP contribution in [0.15, 0.2) is 12.1 Å².